The number of guanidine groups is 1. The van der Waals surface area contributed by atoms with Crippen molar-refractivity contribution in [1.82, 2.24) is 4.57 Å². The van der Waals surface area contributed by atoms with Gasteiger partial charge < -0.3 is 25.5 Å². The van der Waals surface area contributed by atoms with Crippen LogP contribution in [-0.2, 0) is 22.5 Å². The number of unbranched alkanes of at least 4 members (excludes halogenated alkanes) is 1. The fraction of sp³-hybridized carbons (Fsp3) is 0.292. The number of nitrogens with zero attached hydrogens (tertiary/aromatic N) is 2. The molecule has 0 saturated carbocycles. The van der Waals surface area contributed by atoms with E-state index in [9.17, 15) is 9.59 Å². The van der Waals surface area contributed by atoms with Gasteiger partial charge in [0, 0.05) is 18.2 Å². The zero-order valence-electron chi connectivity index (χ0n) is 18.1. The lowest BCUT2D eigenvalue weighted by Crippen LogP contribution is -2.26. The van der Waals surface area contributed by atoms with E-state index in [1.807, 2.05) is 48.5 Å². The quantitative estimate of drug-likeness (QED) is 0.217. The van der Waals surface area contributed by atoms with E-state index in [4.69, 9.17) is 20.9 Å². The van der Waals surface area contributed by atoms with Crippen molar-refractivity contribution in [2.45, 2.75) is 25.8 Å². The Morgan fingerprint density at radius 3 is 2.56 bits per heavy atom. The van der Waals surface area contributed by atoms with Gasteiger partial charge in [0.05, 0.1) is 32.2 Å². The number of esters is 1. The molecule has 0 fully saturated rings. The lowest BCUT2D eigenvalue weighted by atomic mass is 10.1. The standard InChI is InChI=1S/C24H28N4O4/c1-31-22(29)14-19-13-18-9-10-20(32-12-6-5-11-27-24(25)26)15-21(18)28(23(19)30)16-17-7-3-2-4-8-17/h2-4,7-10,13,15H,5-6,11-12,14,16H2,1H3,(H4,25,26,27). The number of pyridine rings is 1. The van der Waals surface area contributed by atoms with Crippen molar-refractivity contribution < 1.29 is 14.3 Å². The van der Waals surface area contributed by atoms with Crippen molar-refractivity contribution in [3.8, 4) is 5.75 Å². The first-order valence-corrected chi connectivity index (χ1v) is 10.4. The largest absolute Gasteiger partial charge is 0.494 e. The number of rotatable bonds is 10. The molecule has 3 aromatic rings. The summed E-state index contributed by atoms with van der Waals surface area (Å²) < 4.78 is 12.3. The van der Waals surface area contributed by atoms with Crippen LogP contribution in [0, 0.1) is 0 Å². The number of hydrogen-bond acceptors (Lipinski definition) is 5. The van der Waals surface area contributed by atoms with Gasteiger partial charge in [-0.2, -0.15) is 0 Å². The fourth-order valence-electron chi connectivity index (χ4n) is 3.39. The summed E-state index contributed by atoms with van der Waals surface area (Å²) >= 11 is 0. The highest BCUT2D eigenvalue weighted by molar-refractivity contribution is 5.83. The number of methoxy groups -OCH3 is 1. The Hall–Kier alpha value is -3.81. The summed E-state index contributed by atoms with van der Waals surface area (Å²) in [6.07, 6.45) is 1.53. The second kappa shape index (κ2) is 11.0. The molecule has 168 valence electrons. The molecule has 0 bridgehead atoms. The minimum absolute atomic E-state index is 0.0753. The number of carbonyl (C=O) groups excluding carboxylic acids is 1. The van der Waals surface area contributed by atoms with E-state index < -0.39 is 5.97 Å². The van der Waals surface area contributed by atoms with Crippen molar-refractivity contribution in [1.29, 1.82) is 0 Å². The van der Waals surface area contributed by atoms with Crippen LogP contribution in [0.3, 0.4) is 0 Å². The van der Waals surface area contributed by atoms with Crippen molar-refractivity contribution in [3.05, 3.63) is 76.1 Å². The second-order valence-electron chi connectivity index (χ2n) is 7.38. The van der Waals surface area contributed by atoms with E-state index in [1.54, 1.807) is 10.6 Å². The summed E-state index contributed by atoms with van der Waals surface area (Å²) in [7, 11) is 1.31. The van der Waals surface area contributed by atoms with E-state index in [0.717, 1.165) is 29.3 Å². The Morgan fingerprint density at radius 1 is 1.06 bits per heavy atom. The van der Waals surface area contributed by atoms with Crippen LogP contribution in [0.25, 0.3) is 10.9 Å². The molecule has 0 spiro atoms. The van der Waals surface area contributed by atoms with Crippen molar-refractivity contribution in [2.24, 2.45) is 16.5 Å². The molecule has 0 aliphatic carbocycles. The van der Waals surface area contributed by atoms with Crippen molar-refractivity contribution in [2.75, 3.05) is 20.3 Å². The lowest BCUT2D eigenvalue weighted by molar-refractivity contribution is -0.139. The first kappa shape index (κ1) is 22.9. The van der Waals surface area contributed by atoms with Gasteiger partial charge in [-0.1, -0.05) is 30.3 Å². The van der Waals surface area contributed by atoms with Gasteiger partial charge in [0.15, 0.2) is 5.96 Å². The van der Waals surface area contributed by atoms with Crippen LogP contribution in [0.2, 0.25) is 0 Å². The van der Waals surface area contributed by atoms with Gasteiger partial charge in [-0.3, -0.25) is 14.6 Å². The number of aromatic nitrogens is 1. The third-order valence-corrected chi connectivity index (χ3v) is 5.00. The highest BCUT2D eigenvalue weighted by Crippen LogP contribution is 2.22. The Bertz CT molecular complexity index is 1150. The summed E-state index contributed by atoms with van der Waals surface area (Å²) in [6.45, 7) is 1.45. The maximum absolute atomic E-state index is 13.2. The smallest absolute Gasteiger partial charge is 0.310 e. The zero-order valence-corrected chi connectivity index (χ0v) is 18.1. The predicted octanol–water partition coefficient (Wildman–Crippen LogP) is 2.20. The summed E-state index contributed by atoms with van der Waals surface area (Å²) in [6, 6.07) is 17.1. The van der Waals surface area contributed by atoms with E-state index in [-0.39, 0.29) is 17.9 Å². The maximum Gasteiger partial charge on any atom is 0.310 e. The number of fused-ring (bicyclic) bond motifs is 1. The number of ether oxygens (including phenoxy) is 2. The van der Waals surface area contributed by atoms with E-state index >= 15 is 0 Å². The number of nitrogens with two attached hydrogens (primary N) is 2. The van der Waals surface area contributed by atoms with Crippen LogP contribution >= 0.6 is 0 Å². The molecule has 0 aliphatic heterocycles. The molecule has 8 heteroatoms. The van der Waals surface area contributed by atoms with Crippen LogP contribution in [0.4, 0.5) is 0 Å². The minimum atomic E-state index is -0.451. The third-order valence-electron chi connectivity index (χ3n) is 5.00. The Labute approximate surface area is 186 Å². The first-order chi connectivity index (χ1) is 15.5. The van der Waals surface area contributed by atoms with Gasteiger partial charge in [-0.15, -0.1) is 0 Å². The van der Waals surface area contributed by atoms with Gasteiger partial charge in [0.1, 0.15) is 5.75 Å². The van der Waals surface area contributed by atoms with Gasteiger partial charge in [0.2, 0.25) is 0 Å². The van der Waals surface area contributed by atoms with Crippen LogP contribution in [0.15, 0.2) is 64.4 Å². The normalized spacial score (nSPS) is 10.7. The predicted molar refractivity (Wildman–Crippen MR) is 125 cm³/mol. The van der Waals surface area contributed by atoms with E-state index in [2.05, 4.69) is 4.99 Å². The van der Waals surface area contributed by atoms with Gasteiger partial charge >= 0.3 is 5.97 Å². The molecule has 1 heterocycles. The van der Waals surface area contributed by atoms with Crippen LogP contribution in [0.5, 0.6) is 5.75 Å². The Balaban J connectivity index is 1.88. The molecule has 8 nitrogen and oxygen atoms in total. The molecule has 4 N–H and O–H groups in total. The summed E-state index contributed by atoms with van der Waals surface area (Å²) in [5, 5.41) is 0.847. The number of carbonyl (C=O) groups is 1. The molecule has 0 amide bonds. The number of aliphatic imine (C=N–C) groups is 1. The SMILES string of the molecule is COC(=O)Cc1cc2ccc(OCCCCN=C(N)N)cc2n(Cc2ccccc2)c1=O. The highest BCUT2D eigenvalue weighted by Gasteiger charge is 2.14. The third kappa shape index (κ3) is 6.10. The molecule has 3 rings (SSSR count). The molecule has 0 saturated heterocycles. The van der Waals surface area contributed by atoms with Gasteiger partial charge in [-0.05, 0) is 42.0 Å². The molecule has 0 aliphatic rings. The average Bonchev–Trinajstić information content (AvgIpc) is 2.79. The Morgan fingerprint density at radius 2 is 1.84 bits per heavy atom. The lowest BCUT2D eigenvalue weighted by Gasteiger charge is -2.15. The molecular weight excluding hydrogens is 408 g/mol. The van der Waals surface area contributed by atoms with Gasteiger partial charge in [0.25, 0.3) is 5.56 Å². The molecule has 1 aromatic heterocycles. The van der Waals surface area contributed by atoms with Crippen molar-refractivity contribution >= 4 is 22.8 Å². The first-order valence-electron chi connectivity index (χ1n) is 10.4. The Kier molecular flexibility index (Phi) is 7.85. The molecular formula is C24H28N4O4. The summed E-state index contributed by atoms with van der Waals surface area (Å²) in [5.74, 6) is 0.304. The molecule has 0 unspecified atom stereocenters. The second-order valence-corrected chi connectivity index (χ2v) is 7.38. The average molecular weight is 437 g/mol. The number of benzene rings is 2. The summed E-state index contributed by atoms with van der Waals surface area (Å²) in [5.41, 5.74) is 12.5. The van der Waals surface area contributed by atoms with E-state index in [1.165, 1.54) is 7.11 Å². The topological polar surface area (TPSA) is 122 Å². The zero-order chi connectivity index (χ0) is 22.9. The monoisotopic (exact) mass is 436 g/mol. The van der Waals surface area contributed by atoms with E-state index in [0.29, 0.717) is 31.0 Å². The van der Waals surface area contributed by atoms with Crippen molar-refractivity contribution in [3.63, 3.8) is 0 Å². The highest BCUT2D eigenvalue weighted by atomic mass is 16.5. The van der Waals surface area contributed by atoms with Gasteiger partial charge in [-0.25, -0.2) is 0 Å². The van der Waals surface area contributed by atoms with Crippen LogP contribution < -0.4 is 21.8 Å². The van der Waals surface area contributed by atoms with Crippen LogP contribution in [0.1, 0.15) is 24.0 Å². The summed E-state index contributed by atoms with van der Waals surface area (Å²) in [4.78, 5) is 29.0. The van der Waals surface area contributed by atoms with Crippen LogP contribution in [-0.4, -0.2) is 36.8 Å². The molecule has 0 atom stereocenters. The number of hydrogen-bond donors (Lipinski definition) is 2. The maximum atomic E-state index is 13.2. The minimum Gasteiger partial charge on any atom is -0.494 e. The fourth-order valence-corrected chi connectivity index (χ4v) is 3.39. The molecule has 2 aromatic carbocycles. The molecule has 0 radical (unpaired) electrons. The molecule has 32 heavy (non-hydrogen) atoms.